The second-order valence-corrected chi connectivity index (χ2v) is 2.73. The highest BCUT2D eigenvalue weighted by molar-refractivity contribution is 4.91. The Kier molecular flexibility index (Phi) is 2.13. The molecule has 0 aliphatic carbocycles. The van der Waals surface area contributed by atoms with Crippen molar-refractivity contribution in [1.29, 1.82) is 0 Å². The number of hydrogen-bond acceptors (Lipinski definition) is 0. The van der Waals surface area contributed by atoms with E-state index in [0.717, 1.165) is 25.4 Å². The Labute approximate surface area is 56.8 Å². The van der Waals surface area contributed by atoms with Gasteiger partial charge in [-0.2, -0.15) is 0 Å². The smallest absolute Gasteiger partial charge is 0.0173 e. The van der Waals surface area contributed by atoms with Gasteiger partial charge in [-0.3, -0.25) is 0 Å². The Balaban J connectivity index is 2.33. The number of hydrogen-bond donors (Lipinski definition) is 0. The fraction of sp³-hybridized carbons (Fsp3) is 0.750. The maximum absolute atomic E-state index is 5.18. The Morgan fingerprint density at radius 1 is 1.67 bits per heavy atom. The van der Waals surface area contributed by atoms with Crippen LogP contribution in [0.25, 0.3) is 0 Å². The van der Waals surface area contributed by atoms with Crippen LogP contribution in [0.1, 0.15) is 13.3 Å². The number of rotatable bonds is 1. The van der Waals surface area contributed by atoms with Gasteiger partial charge in [0, 0.05) is 19.5 Å². The molecular formula is C8H12N. The normalized spacial score (nSPS) is 34.2. The lowest BCUT2D eigenvalue weighted by Crippen LogP contribution is -2.06. The standard InChI is InChI=1S/C8H12N/c1-3-4-8-6-9-5-7(8)2/h1,7-8H,4-6H2,2H3. The zero-order chi connectivity index (χ0) is 6.69. The van der Waals surface area contributed by atoms with E-state index in [4.69, 9.17) is 6.42 Å². The molecule has 0 aromatic heterocycles. The van der Waals surface area contributed by atoms with Crippen molar-refractivity contribution in [3.05, 3.63) is 0 Å². The Bertz CT molecular complexity index is 123. The SMILES string of the molecule is C#CCC1C[N]CC1C. The summed E-state index contributed by atoms with van der Waals surface area (Å²) < 4.78 is 0. The van der Waals surface area contributed by atoms with Gasteiger partial charge in [-0.25, -0.2) is 5.32 Å². The average molecular weight is 122 g/mol. The van der Waals surface area contributed by atoms with Gasteiger partial charge in [0.1, 0.15) is 0 Å². The molecule has 2 atom stereocenters. The predicted molar refractivity (Wildman–Crippen MR) is 38.0 cm³/mol. The molecule has 1 aliphatic rings. The highest BCUT2D eigenvalue weighted by Crippen LogP contribution is 2.19. The lowest BCUT2D eigenvalue weighted by atomic mass is 9.95. The first-order chi connectivity index (χ1) is 4.34. The van der Waals surface area contributed by atoms with Gasteiger partial charge in [-0.1, -0.05) is 6.92 Å². The predicted octanol–water partition coefficient (Wildman–Crippen LogP) is 0.880. The first-order valence-electron chi connectivity index (χ1n) is 3.41. The van der Waals surface area contributed by atoms with Crippen molar-refractivity contribution < 1.29 is 0 Å². The summed E-state index contributed by atoms with van der Waals surface area (Å²) in [5, 5.41) is 4.27. The fourth-order valence-corrected chi connectivity index (χ4v) is 1.19. The third-order valence-corrected chi connectivity index (χ3v) is 1.97. The lowest BCUT2D eigenvalue weighted by Gasteiger charge is -2.07. The molecule has 1 fully saturated rings. The molecule has 0 aromatic carbocycles. The summed E-state index contributed by atoms with van der Waals surface area (Å²) in [6, 6.07) is 0. The molecule has 0 saturated carbocycles. The van der Waals surface area contributed by atoms with E-state index < -0.39 is 0 Å². The summed E-state index contributed by atoms with van der Waals surface area (Å²) in [4.78, 5) is 0. The van der Waals surface area contributed by atoms with Crippen molar-refractivity contribution in [2.45, 2.75) is 13.3 Å². The van der Waals surface area contributed by atoms with Crippen molar-refractivity contribution in [2.24, 2.45) is 11.8 Å². The van der Waals surface area contributed by atoms with E-state index in [0.29, 0.717) is 5.92 Å². The highest BCUT2D eigenvalue weighted by Gasteiger charge is 2.22. The van der Waals surface area contributed by atoms with Gasteiger partial charge in [0.25, 0.3) is 0 Å². The lowest BCUT2D eigenvalue weighted by molar-refractivity contribution is 0.464. The topological polar surface area (TPSA) is 14.1 Å². The van der Waals surface area contributed by atoms with Crippen molar-refractivity contribution in [2.75, 3.05) is 13.1 Å². The van der Waals surface area contributed by atoms with Crippen LogP contribution in [0.4, 0.5) is 0 Å². The van der Waals surface area contributed by atoms with Crippen LogP contribution in [0.2, 0.25) is 0 Å². The minimum atomic E-state index is 0.676. The zero-order valence-corrected chi connectivity index (χ0v) is 5.80. The summed E-state index contributed by atoms with van der Waals surface area (Å²) in [6.07, 6.45) is 6.09. The van der Waals surface area contributed by atoms with E-state index in [1.54, 1.807) is 0 Å². The van der Waals surface area contributed by atoms with Gasteiger partial charge < -0.3 is 0 Å². The molecule has 9 heavy (non-hydrogen) atoms. The third-order valence-electron chi connectivity index (χ3n) is 1.97. The molecule has 1 rings (SSSR count). The molecule has 1 nitrogen and oxygen atoms in total. The first-order valence-corrected chi connectivity index (χ1v) is 3.41. The Morgan fingerprint density at radius 3 is 2.89 bits per heavy atom. The number of nitrogens with zero attached hydrogens (tertiary/aromatic N) is 1. The Hall–Kier alpha value is -0.480. The molecule has 1 heterocycles. The van der Waals surface area contributed by atoms with E-state index in [9.17, 15) is 0 Å². The van der Waals surface area contributed by atoms with Gasteiger partial charge in [-0.15, -0.1) is 12.3 Å². The third kappa shape index (κ3) is 1.46. The molecule has 1 heteroatoms. The average Bonchev–Trinajstić information content (AvgIpc) is 2.18. The van der Waals surface area contributed by atoms with Crippen LogP contribution in [0.5, 0.6) is 0 Å². The van der Waals surface area contributed by atoms with Gasteiger partial charge in [0.2, 0.25) is 0 Å². The van der Waals surface area contributed by atoms with Crippen LogP contribution in [-0.2, 0) is 0 Å². The van der Waals surface area contributed by atoms with E-state index in [1.807, 2.05) is 0 Å². The molecule has 2 unspecified atom stereocenters. The summed E-state index contributed by atoms with van der Waals surface area (Å²) in [7, 11) is 0. The molecular weight excluding hydrogens is 110 g/mol. The van der Waals surface area contributed by atoms with Crippen LogP contribution in [0.15, 0.2) is 0 Å². The molecule has 49 valence electrons. The van der Waals surface area contributed by atoms with Crippen LogP contribution in [0.3, 0.4) is 0 Å². The van der Waals surface area contributed by atoms with Crippen molar-refractivity contribution in [3.63, 3.8) is 0 Å². The van der Waals surface area contributed by atoms with Crippen molar-refractivity contribution in [1.82, 2.24) is 5.32 Å². The highest BCUT2D eigenvalue weighted by atomic mass is 14.9. The molecule has 1 radical (unpaired) electrons. The zero-order valence-electron chi connectivity index (χ0n) is 5.80. The summed E-state index contributed by atoms with van der Waals surface area (Å²) in [5.74, 6) is 4.08. The molecule has 0 aromatic rings. The molecule has 0 N–H and O–H groups in total. The maximum Gasteiger partial charge on any atom is 0.0173 e. The quantitative estimate of drug-likeness (QED) is 0.458. The van der Waals surface area contributed by atoms with E-state index in [1.165, 1.54) is 0 Å². The van der Waals surface area contributed by atoms with Gasteiger partial charge in [0.15, 0.2) is 0 Å². The van der Waals surface area contributed by atoms with Crippen molar-refractivity contribution >= 4 is 0 Å². The van der Waals surface area contributed by atoms with Gasteiger partial charge in [0.05, 0.1) is 0 Å². The molecule has 0 bridgehead atoms. The first kappa shape index (κ1) is 6.64. The largest absolute Gasteiger partial charge is 0.241 e. The molecule has 1 saturated heterocycles. The second kappa shape index (κ2) is 2.89. The monoisotopic (exact) mass is 122 g/mol. The Morgan fingerprint density at radius 2 is 2.44 bits per heavy atom. The summed E-state index contributed by atoms with van der Waals surface area (Å²) >= 11 is 0. The summed E-state index contributed by atoms with van der Waals surface area (Å²) in [6.45, 7) is 4.23. The fourth-order valence-electron chi connectivity index (χ4n) is 1.19. The van der Waals surface area contributed by atoms with E-state index >= 15 is 0 Å². The van der Waals surface area contributed by atoms with Crippen LogP contribution < -0.4 is 5.32 Å². The van der Waals surface area contributed by atoms with Crippen LogP contribution in [-0.4, -0.2) is 13.1 Å². The number of terminal acetylenes is 1. The van der Waals surface area contributed by atoms with Crippen LogP contribution >= 0.6 is 0 Å². The van der Waals surface area contributed by atoms with Crippen LogP contribution in [0, 0.1) is 24.2 Å². The second-order valence-electron chi connectivity index (χ2n) is 2.73. The van der Waals surface area contributed by atoms with E-state index in [-0.39, 0.29) is 0 Å². The van der Waals surface area contributed by atoms with Gasteiger partial charge >= 0.3 is 0 Å². The minimum Gasteiger partial charge on any atom is -0.241 e. The molecule has 0 spiro atoms. The summed E-state index contributed by atoms with van der Waals surface area (Å²) in [5.41, 5.74) is 0. The molecule has 1 aliphatic heterocycles. The van der Waals surface area contributed by atoms with Gasteiger partial charge in [-0.05, 0) is 11.8 Å². The minimum absolute atomic E-state index is 0.676. The maximum atomic E-state index is 5.18. The van der Waals surface area contributed by atoms with E-state index in [2.05, 4.69) is 18.2 Å². The van der Waals surface area contributed by atoms with Crippen molar-refractivity contribution in [3.8, 4) is 12.3 Å². The molecule has 0 amide bonds.